The van der Waals surface area contributed by atoms with E-state index in [2.05, 4.69) is 72.8 Å². The van der Waals surface area contributed by atoms with Crippen molar-refractivity contribution in [3.05, 3.63) is 87.1 Å². The Morgan fingerprint density at radius 2 is 1.62 bits per heavy atom. The van der Waals surface area contributed by atoms with Crippen LogP contribution in [0.5, 0.6) is 5.75 Å². The SMILES string of the molecule is C1=c2ccccc2=c2ccc3c(ccc4ccc5c(c43)=CCO5)c21. The Balaban J connectivity index is 1.89. The van der Waals surface area contributed by atoms with Gasteiger partial charge in [0.1, 0.15) is 12.4 Å². The third-order valence-corrected chi connectivity index (χ3v) is 5.30. The molecule has 1 aliphatic heterocycles. The maximum Gasteiger partial charge on any atom is 0.127 e. The second-order valence-corrected chi connectivity index (χ2v) is 6.51. The summed E-state index contributed by atoms with van der Waals surface area (Å²) in [5.41, 5.74) is 1.34. The lowest BCUT2D eigenvalue weighted by atomic mass is 9.96. The van der Waals surface area contributed by atoms with Crippen LogP contribution in [-0.4, -0.2) is 6.61 Å². The van der Waals surface area contributed by atoms with Gasteiger partial charge in [-0.05, 0) is 55.6 Å². The van der Waals surface area contributed by atoms with Crippen LogP contribution in [0.15, 0.2) is 60.7 Å². The average Bonchev–Trinajstić information content (AvgIpc) is 3.25. The highest BCUT2D eigenvalue weighted by atomic mass is 16.5. The Labute approximate surface area is 138 Å². The predicted octanol–water partition coefficient (Wildman–Crippen LogP) is 3.60. The zero-order valence-corrected chi connectivity index (χ0v) is 13.0. The second-order valence-electron chi connectivity index (χ2n) is 6.51. The molecule has 0 radical (unpaired) electrons. The van der Waals surface area contributed by atoms with E-state index in [4.69, 9.17) is 4.74 Å². The normalized spacial score (nSPS) is 13.8. The van der Waals surface area contributed by atoms with Gasteiger partial charge in [-0.15, -0.1) is 0 Å². The Bertz CT molecular complexity index is 1390. The van der Waals surface area contributed by atoms with Crippen molar-refractivity contribution in [1.29, 1.82) is 0 Å². The summed E-state index contributed by atoms with van der Waals surface area (Å²) in [6.45, 7) is 0.674. The summed E-state index contributed by atoms with van der Waals surface area (Å²) in [5, 5.41) is 10.5. The monoisotopic (exact) mass is 306 g/mol. The van der Waals surface area contributed by atoms with Gasteiger partial charge < -0.3 is 4.74 Å². The molecule has 6 rings (SSSR count). The van der Waals surface area contributed by atoms with Crippen molar-refractivity contribution >= 4 is 33.7 Å². The number of fused-ring (bicyclic) bond motifs is 8. The van der Waals surface area contributed by atoms with Crippen LogP contribution in [0, 0.1) is 10.4 Å². The minimum Gasteiger partial charge on any atom is -0.489 e. The molecule has 0 saturated carbocycles. The molecule has 0 N–H and O–H groups in total. The molecule has 0 spiro atoms. The molecule has 0 fully saturated rings. The van der Waals surface area contributed by atoms with Crippen molar-refractivity contribution in [3.8, 4) is 5.75 Å². The van der Waals surface area contributed by atoms with Gasteiger partial charge >= 0.3 is 0 Å². The third-order valence-electron chi connectivity index (χ3n) is 5.30. The van der Waals surface area contributed by atoms with Crippen molar-refractivity contribution in [1.82, 2.24) is 0 Å². The van der Waals surface area contributed by atoms with E-state index in [0.717, 1.165) is 5.75 Å². The van der Waals surface area contributed by atoms with Gasteiger partial charge in [-0.1, -0.05) is 54.6 Å². The highest BCUT2D eigenvalue weighted by Crippen LogP contribution is 2.30. The van der Waals surface area contributed by atoms with Crippen LogP contribution in [0.1, 0.15) is 5.56 Å². The fraction of sp³-hybridized carbons (Fsp3) is 0.0435. The van der Waals surface area contributed by atoms with E-state index in [0.29, 0.717) is 6.61 Å². The molecule has 1 nitrogen and oxygen atoms in total. The van der Waals surface area contributed by atoms with E-state index in [1.165, 1.54) is 48.0 Å². The van der Waals surface area contributed by atoms with Gasteiger partial charge in [0.05, 0.1) is 0 Å². The summed E-state index contributed by atoms with van der Waals surface area (Å²) < 4.78 is 5.74. The number of ether oxygens (including phenoxy) is 1. The topological polar surface area (TPSA) is 9.23 Å². The molecule has 24 heavy (non-hydrogen) atoms. The molecule has 0 amide bonds. The van der Waals surface area contributed by atoms with E-state index in [-0.39, 0.29) is 0 Å². The number of rotatable bonds is 0. The summed E-state index contributed by atoms with van der Waals surface area (Å²) in [5.74, 6) is 1.00. The molecule has 0 bridgehead atoms. The number of hydrogen-bond acceptors (Lipinski definition) is 1. The molecule has 1 aliphatic carbocycles. The first-order chi connectivity index (χ1) is 11.9. The standard InChI is InChI=1S/C23H14O/c1-2-4-16-15(3-1)13-21-17(16)8-9-19-18(21)7-5-14-6-10-22-20(23(14)19)11-12-24-22/h1-11,13H,12H2. The minimum atomic E-state index is 0.674. The second kappa shape index (κ2) is 4.27. The highest BCUT2D eigenvalue weighted by molar-refractivity contribution is 6.11. The molecule has 1 heterocycles. The molecule has 0 atom stereocenters. The smallest absolute Gasteiger partial charge is 0.127 e. The zero-order valence-electron chi connectivity index (χ0n) is 13.0. The molecule has 0 unspecified atom stereocenters. The van der Waals surface area contributed by atoms with Crippen LogP contribution in [0.3, 0.4) is 0 Å². The predicted molar refractivity (Wildman–Crippen MR) is 98.3 cm³/mol. The number of benzene rings is 4. The maximum absolute atomic E-state index is 5.74. The van der Waals surface area contributed by atoms with Crippen LogP contribution in [-0.2, 0) is 0 Å². The average molecular weight is 306 g/mol. The molecule has 0 aromatic heterocycles. The fourth-order valence-corrected chi connectivity index (χ4v) is 4.22. The lowest BCUT2D eigenvalue weighted by molar-refractivity contribution is 0.386. The molecule has 4 aromatic carbocycles. The van der Waals surface area contributed by atoms with Crippen molar-refractivity contribution in [2.75, 3.05) is 6.61 Å². The Morgan fingerprint density at radius 3 is 2.62 bits per heavy atom. The van der Waals surface area contributed by atoms with Crippen LogP contribution in [0.25, 0.3) is 33.7 Å². The summed E-state index contributed by atoms with van der Waals surface area (Å²) >= 11 is 0. The van der Waals surface area contributed by atoms with Crippen molar-refractivity contribution in [2.24, 2.45) is 0 Å². The number of hydrogen-bond donors (Lipinski definition) is 0. The molecular formula is C23H14O. The van der Waals surface area contributed by atoms with Gasteiger partial charge in [0.15, 0.2) is 0 Å². The highest BCUT2D eigenvalue weighted by Gasteiger charge is 2.13. The lowest BCUT2D eigenvalue weighted by Crippen LogP contribution is -2.01. The summed E-state index contributed by atoms with van der Waals surface area (Å²) in [4.78, 5) is 0. The first-order valence-corrected chi connectivity index (χ1v) is 8.33. The quantitative estimate of drug-likeness (QED) is 0.397. The van der Waals surface area contributed by atoms with Gasteiger partial charge in [-0.2, -0.15) is 0 Å². The maximum atomic E-state index is 5.74. The third kappa shape index (κ3) is 1.45. The largest absolute Gasteiger partial charge is 0.489 e. The van der Waals surface area contributed by atoms with Crippen molar-refractivity contribution < 1.29 is 4.74 Å². The Kier molecular flexibility index (Phi) is 2.20. The minimum absolute atomic E-state index is 0.674. The van der Waals surface area contributed by atoms with Gasteiger partial charge in [0.25, 0.3) is 0 Å². The van der Waals surface area contributed by atoms with E-state index < -0.39 is 0 Å². The first kappa shape index (κ1) is 12.4. The van der Waals surface area contributed by atoms with Crippen molar-refractivity contribution in [2.45, 2.75) is 0 Å². The van der Waals surface area contributed by atoms with E-state index >= 15 is 0 Å². The molecular weight excluding hydrogens is 292 g/mol. The first-order valence-electron chi connectivity index (χ1n) is 8.33. The Morgan fingerprint density at radius 1 is 0.750 bits per heavy atom. The van der Waals surface area contributed by atoms with Gasteiger partial charge in [-0.25, -0.2) is 0 Å². The zero-order chi connectivity index (χ0) is 15.7. The molecule has 1 heteroatoms. The van der Waals surface area contributed by atoms with Crippen LogP contribution in [0.2, 0.25) is 0 Å². The summed E-state index contributed by atoms with van der Waals surface area (Å²) in [6, 6.07) is 21.9. The van der Waals surface area contributed by atoms with E-state index in [1.807, 2.05) is 0 Å². The molecule has 2 aliphatic rings. The van der Waals surface area contributed by atoms with Gasteiger partial charge in [-0.3, -0.25) is 0 Å². The van der Waals surface area contributed by atoms with Crippen LogP contribution >= 0.6 is 0 Å². The van der Waals surface area contributed by atoms with Crippen LogP contribution < -0.4 is 15.2 Å². The van der Waals surface area contributed by atoms with Gasteiger partial charge in [0.2, 0.25) is 0 Å². The van der Waals surface area contributed by atoms with Gasteiger partial charge in [0, 0.05) is 10.6 Å². The lowest BCUT2D eigenvalue weighted by Gasteiger charge is -2.08. The van der Waals surface area contributed by atoms with Crippen molar-refractivity contribution in [3.63, 3.8) is 0 Å². The summed E-state index contributed by atoms with van der Waals surface area (Å²) in [6.07, 6.45) is 4.52. The fourth-order valence-electron chi connectivity index (χ4n) is 4.22. The molecule has 112 valence electrons. The van der Waals surface area contributed by atoms with Crippen LogP contribution in [0.4, 0.5) is 0 Å². The van der Waals surface area contributed by atoms with E-state index in [1.54, 1.807) is 0 Å². The van der Waals surface area contributed by atoms with E-state index in [9.17, 15) is 0 Å². The molecule has 4 aromatic rings. The molecule has 0 saturated heterocycles. The Hall–Kier alpha value is -3.06. The summed E-state index contributed by atoms with van der Waals surface area (Å²) in [7, 11) is 0.